The first-order chi connectivity index (χ1) is 13.5. The fraction of sp³-hybridized carbons (Fsp3) is 0.0435. The summed E-state index contributed by atoms with van der Waals surface area (Å²) in [6, 6.07) is 22.8. The summed E-state index contributed by atoms with van der Waals surface area (Å²) < 4.78 is 0.959. The average Bonchev–Trinajstić information content (AvgIpc) is 2.70. The van der Waals surface area contributed by atoms with Gasteiger partial charge in [0.2, 0.25) is 0 Å². The minimum absolute atomic E-state index is 0.194. The van der Waals surface area contributed by atoms with Crippen LogP contribution in [-0.4, -0.2) is 10.9 Å². The zero-order valence-corrected chi connectivity index (χ0v) is 17.4. The molecule has 0 aliphatic carbocycles. The highest BCUT2D eigenvalue weighted by Crippen LogP contribution is 2.28. The van der Waals surface area contributed by atoms with Crippen LogP contribution >= 0.6 is 27.5 Å². The van der Waals surface area contributed by atoms with E-state index in [0.717, 1.165) is 32.2 Å². The second-order valence-electron chi connectivity index (χ2n) is 6.50. The number of nitrogens with one attached hydrogen (secondary N) is 1. The number of fused-ring (bicyclic) bond motifs is 1. The number of pyridine rings is 1. The molecule has 0 spiro atoms. The van der Waals surface area contributed by atoms with Crippen LogP contribution in [0.25, 0.3) is 22.2 Å². The van der Waals surface area contributed by atoms with Crippen molar-refractivity contribution in [2.45, 2.75) is 6.92 Å². The van der Waals surface area contributed by atoms with Crippen LogP contribution in [0.2, 0.25) is 5.02 Å². The number of aromatic nitrogens is 1. The highest BCUT2D eigenvalue weighted by Gasteiger charge is 2.15. The summed E-state index contributed by atoms with van der Waals surface area (Å²) >= 11 is 9.59. The Kier molecular flexibility index (Phi) is 5.16. The molecule has 0 saturated carbocycles. The van der Waals surface area contributed by atoms with E-state index in [-0.39, 0.29) is 5.91 Å². The van der Waals surface area contributed by atoms with Crippen molar-refractivity contribution < 1.29 is 4.79 Å². The molecule has 0 bridgehead atoms. The zero-order valence-electron chi connectivity index (χ0n) is 15.0. The monoisotopic (exact) mass is 450 g/mol. The van der Waals surface area contributed by atoms with E-state index in [9.17, 15) is 4.79 Å². The molecule has 0 radical (unpaired) electrons. The quantitative estimate of drug-likeness (QED) is 0.369. The second-order valence-corrected chi connectivity index (χ2v) is 7.85. The minimum atomic E-state index is -0.194. The van der Waals surface area contributed by atoms with Crippen LogP contribution in [0.15, 0.2) is 77.3 Å². The van der Waals surface area contributed by atoms with Crippen LogP contribution in [0, 0.1) is 6.92 Å². The van der Waals surface area contributed by atoms with Gasteiger partial charge in [-0.1, -0.05) is 63.9 Å². The SMILES string of the molecule is Cc1ccc(Cl)cc1NC(=O)c1cc(-c2cccc(Br)c2)nc2ccccc12. The Morgan fingerprint density at radius 1 is 1.00 bits per heavy atom. The summed E-state index contributed by atoms with van der Waals surface area (Å²) in [6.45, 7) is 1.93. The molecule has 1 heterocycles. The normalized spacial score (nSPS) is 10.8. The molecule has 28 heavy (non-hydrogen) atoms. The number of halogens is 2. The van der Waals surface area contributed by atoms with Gasteiger partial charge in [-0.05, 0) is 48.9 Å². The van der Waals surface area contributed by atoms with E-state index < -0.39 is 0 Å². The summed E-state index contributed by atoms with van der Waals surface area (Å²) in [5, 5.41) is 4.37. The second kappa shape index (κ2) is 7.74. The maximum Gasteiger partial charge on any atom is 0.256 e. The van der Waals surface area contributed by atoms with Gasteiger partial charge in [-0.3, -0.25) is 4.79 Å². The van der Waals surface area contributed by atoms with E-state index in [0.29, 0.717) is 16.3 Å². The number of aryl methyl sites for hydroxylation is 1. The molecule has 1 N–H and O–H groups in total. The van der Waals surface area contributed by atoms with Crippen LogP contribution in [0.1, 0.15) is 15.9 Å². The van der Waals surface area contributed by atoms with Crippen molar-refractivity contribution in [2.24, 2.45) is 0 Å². The van der Waals surface area contributed by atoms with Gasteiger partial charge >= 0.3 is 0 Å². The standard InChI is InChI=1S/C23H16BrClN2O/c1-14-9-10-17(25)12-21(14)27-23(28)19-13-22(15-5-4-6-16(24)11-15)26-20-8-3-2-7-18(19)20/h2-13H,1H3,(H,27,28). The number of hydrogen-bond donors (Lipinski definition) is 1. The molecule has 0 atom stereocenters. The Hall–Kier alpha value is -2.69. The molecule has 0 unspecified atom stereocenters. The Labute approximate surface area is 176 Å². The third-order valence-electron chi connectivity index (χ3n) is 4.53. The molecular weight excluding hydrogens is 436 g/mol. The van der Waals surface area contributed by atoms with E-state index in [1.54, 1.807) is 12.1 Å². The summed E-state index contributed by atoms with van der Waals surface area (Å²) in [5.41, 5.74) is 4.67. The van der Waals surface area contributed by atoms with Gasteiger partial charge in [0, 0.05) is 26.1 Å². The molecule has 4 aromatic rings. The molecule has 138 valence electrons. The number of para-hydroxylation sites is 1. The van der Waals surface area contributed by atoms with Crippen LogP contribution in [0.4, 0.5) is 5.69 Å². The maximum absolute atomic E-state index is 13.2. The molecule has 0 aliphatic heterocycles. The van der Waals surface area contributed by atoms with E-state index in [1.807, 2.05) is 67.6 Å². The molecule has 3 nitrogen and oxygen atoms in total. The Bertz CT molecular complexity index is 1210. The van der Waals surface area contributed by atoms with Gasteiger partial charge in [-0.15, -0.1) is 0 Å². The number of hydrogen-bond acceptors (Lipinski definition) is 2. The van der Waals surface area contributed by atoms with E-state index in [4.69, 9.17) is 16.6 Å². The van der Waals surface area contributed by atoms with Crippen molar-refractivity contribution in [3.63, 3.8) is 0 Å². The third kappa shape index (κ3) is 3.79. The van der Waals surface area contributed by atoms with Gasteiger partial charge in [0.15, 0.2) is 0 Å². The van der Waals surface area contributed by atoms with Crippen molar-refractivity contribution in [1.82, 2.24) is 4.98 Å². The van der Waals surface area contributed by atoms with Crippen molar-refractivity contribution >= 4 is 50.0 Å². The van der Waals surface area contributed by atoms with Gasteiger partial charge in [-0.25, -0.2) is 4.98 Å². The molecular formula is C23H16BrClN2O. The number of amides is 1. The molecule has 3 aromatic carbocycles. The van der Waals surface area contributed by atoms with E-state index >= 15 is 0 Å². The minimum Gasteiger partial charge on any atom is -0.322 e. The number of benzene rings is 3. The summed E-state index contributed by atoms with van der Waals surface area (Å²) in [7, 11) is 0. The lowest BCUT2D eigenvalue weighted by Gasteiger charge is -2.12. The van der Waals surface area contributed by atoms with E-state index in [2.05, 4.69) is 21.2 Å². The lowest BCUT2D eigenvalue weighted by Crippen LogP contribution is -2.14. The Balaban J connectivity index is 1.83. The third-order valence-corrected chi connectivity index (χ3v) is 5.26. The number of rotatable bonds is 3. The van der Waals surface area contributed by atoms with Crippen LogP contribution in [0.3, 0.4) is 0 Å². The molecule has 0 saturated heterocycles. The van der Waals surface area contributed by atoms with Gasteiger partial charge < -0.3 is 5.32 Å². The Morgan fingerprint density at radius 3 is 2.64 bits per heavy atom. The van der Waals surface area contributed by atoms with Gasteiger partial charge in [0.25, 0.3) is 5.91 Å². The van der Waals surface area contributed by atoms with Gasteiger partial charge in [-0.2, -0.15) is 0 Å². The van der Waals surface area contributed by atoms with E-state index in [1.165, 1.54) is 0 Å². The maximum atomic E-state index is 13.2. The lowest BCUT2D eigenvalue weighted by molar-refractivity contribution is 0.102. The molecule has 4 rings (SSSR count). The zero-order chi connectivity index (χ0) is 19.7. The number of carbonyl (C=O) groups excluding carboxylic acids is 1. The first-order valence-corrected chi connectivity index (χ1v) is 9.91. The predicted octanol–water partition coefficient (Wildman–Crippen LogP) is 6.88. The summed E-state index contributed by atoms with van der Waals surface area (Å²) in [4.78, 5) is 17.9. The topological polar surface area (TPSA) is 42.0 Å². The highest BCUT2D eigenvalue weighted by atomic mass is 79.9. The fourth-order valence-electron chi connectivity index (χ4n) is 3.08. The predicted molar refractivity (Wildman–Crippen MR) is 119 cm³/mol. The average molecular weight is 452 g/mol. The number of carbonyl (C=O) groups is 1. The van der Waals surface area contributed by atoms with Crippen molar-refractivity contribution in [3.8, 4) is 11.3 Å². The summed E-state index contributed by atoms with van der Waals surface area (Å²) in [5.74, 6) is -0.194. The number of anilines is 1. The van der Waals surface area contributed by atoms with Gasteiger partial charge in [0.1, 0.15) is 0 Å². The molecule has 0 aliphatic rings. The first kappa shape index (κ1) is 18.7. The lowest BCUT2D eigenvalue weighted by atomic mass is 10.0. The van der Waals surface area contributed by atoms with Crippen molar-refractivity contribution in [1.29, 1.82) is 0 Å². The largest absolute Gasteiger partial charge is 0.322 e. The number of nitrogens with zero attached hydrogens (tertiary/aromatic N) is 1. The Morgan fingerprint density at radius 2 is 1.82 bits per heavy atom. The van der Waals surface area contributed by atoms with Crippen LogP contribution in [0.5, 0.6) is 0 Å². The highest BCUT2D eigenvalue weighted by molar-refractivity contribution is 9.10. The van der Waals surface area contributed by atoms with Gasteiger partial charge in [0.05, 0.1) is 16.8 Å². The van der Waals surface area contributed by atoms with Crippen LogP contribution in [-0.2, 0) is 0 Å². The fourth-order valence-corrected chi connectivity index (χ4v) is 3.65. The molecule has 1 amide bonds. The summed E-state index contributed by atoms with van der Waals surface area (Å²) in [6.07, 6.45) is 0. The van der Waals surface area contributed by atoms with Crippen LogP contribution < -0.4 is 5.32 Å². The smallest absolute Gasteiger partial charge is 0.256 e. The van der Waals surface area contributed by atoms with Crippen molar-refractivity contribution in [2.75, 3.05) is 5.32 Å². The molecule has 0 fully saturated rings. The first-order valence-electron chi connectivity index (χ1n) is 8.74. The molecule has 5 heteroatoms. The van der Waals surface area contributed by atoms with Crippen molar-refractivity contribution in [3.05, 3.63) is 93.4 Å². The molecule has 1 aromatic heterocycles.